The number of carbonyl (C=O) groups is 3. The topological polar surface area (TPSA) is 107 Å². The van der Waals surface area contributed by atoms with Crippen molar-refractivity contribution in [1.29, 1.82) is 0 Å². The first-order valence-corrected chi connectivity index (χ1v) is 13.8. The van der Waals surface area contributed by atoms with E-state index in [9.17, 15) is 19.5 Å². The highest BCUT2D eigenvalue weighted by atomic mass is 16.5. The summed E-state index contributed by atoms with van der Waals surface area (Å²) >= 11 is 0. The summed E-state index contributed by atoms with van der Waals surface area (Å²) in [6.45, 7) is 2.23. The smallest absolute Gasteiger partial charge is 0.307 e. The lowest BCUT2D eigenvalue weighted by molar-refractivity contribution is -0.136. The number of Topliss-reactive ketones (excluding diaryl/α,β-unsaturated/α-hetero) is 1. The van der Waals surface area contributed by atoms with Crippen LogP contribution in [0.15, 0.2) is 103 Å². The molecule has 0 aliphatic carbocycles. The number of aryl methyl sites for hydroxylation is 1. The zero-order chi connectivity index (χ0) is 30.7. The first-order valence-electron chi connectivity index (χ1n) is 13.8. The molecule has 1 amide bonds. The maximum Gasteiger partial charge on any atom is 0.307 e. The highest BCUT2D eigenvalue weighted by Crippen LogP contribution is 2.43. The van der Waals surface area contributed by atoms with Gasteiger partial charge in [0.25, 0.3) is 11.7 Å². The number of ketones is 1. The molecule has 5 rings (SSSR count). The Kier molecular flexibility index (Phi) is 8.29. The SMILES string of the molecule is Cc1cc(/C(O)=C2/C(=O)C(=O)N(c3ccc(CC(=O)O)cc3)C2c2ccc(N(C)C)cc2)ccc1OCc1ccccc1. The molecular formula is C35H32N2O6. The van der Waals surface area contributed by atoms with Crippen molar-refractivity contribution in [2.75, 3.05) is 23.9 Å². The normalized spacial score (nSPS) is 15.9. The Balaban J connectivity index is 1.55. The number of benzene rings is 4. The van der Waals surface area contributed by atoms with Crippen LogP contribution in [0.1, 0.15) is 33.9 Å². The van der Waals surface area contributed by atoms with E-state index in [0.717, 1.165) is 16.8 Å². The second-order valence-electron chi connectivity index (χ2n) is 10.6. The van der Waals surface area contributed by atoms with Gasteiger partial charge in [-0.1, -0.05) is 54.6 Å². The number of amides is 1. The fraction of sp³-hybridized carbons (Fsp3) is 0.171. The van der Waals surface area contributed by atoms with Crippen LogP contribution < -0.4 is 14.5 Å². The van der Waals surface area contributed by atoms with Crippen LogP contribution >= 0.6 is 0 Å². The largest absolute Gasteiger partial charge is 0.507 e. The van der Waals surface area contributed by atoms with Crippen molar-refractivity contribution in [1.82, 2.24) is 0 Å². The number of aliphatic hydroxyl groups is 1. The number of aliphatic hydroxyl groups excluding tert-OH is 1. The average molecular weight is 577 g/mol. The summed E-state index contributed by atoms with van der Waals surface area (Å²) in [4.78, 5) is 41.5. The van der Waals surface area contributed by atoms with Crippen LogP contribution in [0.4, 0.5) is 11.4 Å². The molecule has 0 bridgehead atoms. The Morgan fingerprint density at radius 2 is 1.53 bits per heavy atom. The van der Waals surface area contributed by atoms with Crippen molar-refractivity contribution in [3.05, 3.63) is 130 Å². The molecule has 4 aromatic rings. The van der Waals surface area contributed by atoms with Gasteiger partial charge in [-0.2, -0.15) is 0 Å². The molecule has 43 heavy (non-hydrogen) atoms. The van der Waals surface area contributed by atoms with Gasteiger partial charge in [-0.3, -0.25) is 19.3 Å². The van der Waals surface area contributed by atoms with E-state index < -0.39 is 23.7 Å². The third-order valence-electron chi connectivity index (χ3n) is 7.43. The van der Waals surface area contributed by atoms with Crippen molar-refractivity contribution in [3.8, 4) is 5.75 Å². The van der Waals surface area contributed by atoms with Crippen LogP contribution in [0.3, 0.4) is 0 Å². The predicted molar refractivity (Wildman–Crippen MR) is 165 cm³/mol. The zero-order valence-electron chi connectivity index (χ0n) is 24.2. The number of ether oxygens (including phenoxy) is 1. The van der Waals surface area contributed by atoms with Crippen molar-refractivity contribution >= 4 is 34.8 Å². The highest BCUT2D eigenvalue weighted by molar-refractivity contribution is 6.51. The van der Waals surface area contributed by atoms with Gasteiger partial charge in [-0.25, -0.2) is 0 Å². The van der Waals surface area contributed by atoms with Crippen molar-refractivity contribution < 1.29 is 29.3 Å². The lowest BCUT2D eigenvalue weighted by Gasteiger charge is -2.26. The Bertz CT molecular complexity index is 1690. The fourth-order valence-corrected chi connectivity index (χ4v) is 5.17. The number of aliphatic carboxylic acids is 1. The Morgan fingerprint density at radius 1 is 0.860 bits per heavy atom. The van der Waals surface area contributed by atoms with Crippen LogP contribution in [0.25, 0.3) is 5.76 Å². The molecule has 1 saturated heterocycles. The van der Waals surface area contributed by atoms with E-state index in [-0.39, 0.29) is 17.8 Å². The number of hydrogen-bond donors (Lipinski definition) is 2. The molecule has 0 aromatic heterocycles. The second kappa shape index (κ2) is 12.2. The van der Waals surface area contributed by atoms with Crippen LogP contribution in [-0.4, -0.2) is 42.0 Å². The van der Waals surface area contributed by atoms with Crippen LogP contribution in [-0.2, 0) is 27.4 Å². The molecule has 1 aliphatic rings. The van der Waals surface area contributed by atoms with Gasteiger partial charge in [0.1, 0.15) is 18.1 Å². The number of hydrogen-bond acceptors (Lipinski definition) is 6. The molecule has 0 saturated carbocycles. The van der Waals surface area contributed by atoms with Gasteiger partial charge in [0.2, 0.25) is 0 Å². The molecule has 1 atom stereocenters. The minimum Gasteiger partial charge on any atom is -0.507 e. The Hall–Kier alpha value is -5.37. The first-order chi connectivity index (χ1) is 20.6. The van der Waals surface area contributed by atoms with Gasteiger partial charge in [-0.15, -0.1) is 0 Å². The molecule has 1 heterocycles. The maximum atomic E-state index is 13.6. The summed E-state index contributed by atoms with van der Waals surface area (Å²) < 4.78 is 5.98. The summed E-state index contributed by atoms with van der Waals surface area (Å²) in [6.07, 6.45) is -0.168. The van der Waals surface area contributed by atoms with Crippen molar-refractivity contribution in [3.63, 3.8) is 0 Å². The monoisotopic (exact) mass is 576 g/mol. The van der Waals surface area contributed by atoms with E-state index in [1.54, 1.807) is 42.5 Å². The summed E-state index contributed by atoms with van der Waals surface area (Å²) in [6, 6.07) is 27.9. The van der Waals surface area contributed by atoms with E-state index in [1.807, 2.05) is 80.5 Å². The van der Waals surface area contributed by atoms with E-state index in [2.05, 4.69) is 0 Å². The van der Waals surface area contributed by atoms with E-state index >= 15 is 0 Å². The molecule has 1 fully saturated rings. The number of carbonyl (C=O) groups excluding carboxylic acids is 2. The van der Waals surface area contributed by atoms with Crippen molar-refractivity contribution in [2.45, 2.75) is 26.0 Å². The number of carboxylic acids is 1. The minimum absolute atomic E-state index is 0.0328. The highest BCUT2D eigenvalue weighted by Gasteiger charge is 2.47. The van der Waals surface area contributed by atoms with E-state index in [4.69, 9.17) is 9.84 Å². The van der Waals surface area contributed by atoms with Gasteiger partial charge in [0.15, 0.2) is 0 Å². The number of anilines is 2. The molecule has 1 aliphatic heterocycles. The van der Waals surface area contributed by atoms with Crippen LogP contribution in [0.2, 0.25) is 0 Å². The number of nitrogens with zero attached hydrogens (tertiary/aromatic N) is 2. The van der Waals surface area contributed by atoms with Crippen LogP contribution in [0.5, 0.6) is 5.75 Å². The lowest BCUT2D eigenvalue weighted by atomic mass is 9.94. The van der Waals surface area contributed by atoms with E-state index in [1.165, 1.54) is 4.90 Å². The lowest BCUT2D eigenvalue weighted by Crippen LogP contribution is -2.29. The Labute approximate surface area is 250 Å². The van der Waals surface area contributed by atoms with Gasteiger partial charge in [0, 0.05) is 31.0 Å². The summed E-state index contributed by atoms with van der Waals surface area (Å²) in [5, 5.41) is 20.7. The molecule has 1 unspecified atom stereocenters. The zero-order valence-corrected chi connectivity index (χ0v) is 24.2. The third-order valence-corrected chi connectivity index (χ3v) is 7.43. The molecule has 2 N–H and O–H groups in total. The summed E-state index contributed by atoms with van der Waals surface area (Å²) in [7, 11) is 3.82. The van der Waals surface area contributed by atoms with Gasteiger partial charge in [0.05, 0.1) is 18.0 Å². The van der Waals surface area contributed by atoms with Gasteiger partial charge < -0.3 is 19.8 Å². The van der Waals surface area contributed by atoms with Gasteiger partial charge in [-0.05, 0) is 71.6 Å². The third kappa shape index (κ3) is 6.13. The maximum absolute atomic E-state index is 13.6. The molecule has 0 radical (unpaired) electrons. The molecule has 218 valence electrons. The summed E-state index contributed by atoms with van der Waals surface area (Å²) in [5.41, 5.74) is 4.67. The fourth-order valence-electron chi connectivity index (χ4n) is 5.17. The molecule has 0 spiro atoms. The summed E-state index contributed by atoms with van der Waals surface area (Å²) in [5.74, 6) is -2.22. The minimum atomic E-state index is -0.971. The van der Waals surface area contributed by atoms with Gasteiger partial charge >= 0.3 is 5.97 Å². The molecule has 8 nitrogen and oxygen atoms in total. The quantitative estimate of drug-likeness (QED) is 0.145. The number of carboxylic acid groups (broad SMARTS) is 1. The van der Waals surface area contributed by atoms with Crippen LogP contribution in [0, 0.1) is 6.92 Å². The average Bonchev–Trinajstić information content (AvgIpc) is 3.26. The second-order valence-corrected chi connectivity index (χ2v) is 10.6. The molecule has 8 heteroatoms. The predicted octanol–water partition coefficient (Wildman–Crippen LogP) is 5.89. The molecular weight excluding hydrogens is 544 g/mol. The van der Waals surface area contributed by atoms with Crippen molar-refractivity contribution in [2.24, 2.45) is 0 Å². The standard InChI is InChI=1S/C35H32N2O6/c1-22-19-26(13-18-29(22)43-21-24-7-5-4-6-8-24)33(40)31-32(25-11-16-27(17-12-25)36(2)3)37(35(42)34(31)41)28-14-9-23(10-15-28)20-30(38)39/h4-19,32,40H,20-21H2,1-3H3,(H,38,39)/b33-31-. The Morgan fingerprint density at radius 3 is 2.14 bits per heavy atom. The number of rotatable bonds is 9. The van der Waals surface area contributed by atoms with E-state index in [0.29, 0.717) is 34.7 Å². The molecule has 4 aromatic carbocycles. The first kappa shape index (κ1) is 29.1.